The fourth-order valence-corrected chi connectivity index (χ4v) is 2.57. The van der Waals surface area contributed by atoms with Crippen molar-refractivity contribution in [3.63, 3.8) is 0 Å². The second-order valence-electron chi connectivity index (χ2n) is 4.72. The SMILES string of the molecule is CN(C)C(c1ccccc1Br)C(C)(C)C#N. The highest BCUT2D eigenvalue weighted by Crippen LogP contribution is 2.39. The first-order chi connectivity index (χ1) is 7.40. The molecule has 0 saturated heterocycles. The predicted octanol–water partition coefficient (Wildman–Crippen LogP) is 3.60. The lowest BCUT2D eigenvalue weighted by Crippen LogP contribution is -2.32. The molecule has 1 rings (SSSR count). The van der Waals surface area contributed by atoms with Crippen molar-refractivity contribution in [1.82, 2.24) is 4.90 Å². The molecule has 1 atom stereocenters. The molecule has 0 aromatic heterocycles. The first-order valence-corrected chi connectivity index (χ1v) is 6.01. The van der Waals surface area contributed by atoms with E-state index in [0.29, 0.717) is 0 Å². The fourth-order valence-electron chi connectivity index (χ4n) is 2.07. The van der Waals surface area contributed by atoms with E-state index in [1.165, 1.54) is 0 Å². The molecule has 1 unspecified atom stereocenters. The third kappa shape index (κ3) is 2.63. The standard InChI is InChI=1S/C13H17BrN2/c1-13(2,9-15)12(16(3)4)10-7-5-6-8-11(10)14/h5-8,12H,1-4H3. The number of halogens is 1. The van der Waals surface area contributed by atoms with E-state index in [9.17, 15) is 5.26 Å². The minimum Gasteiger partial charge on any atom is -0.301 e. The van der Waals surface area contributed by atoms with Gasteiger partial charge < -0.3 is 4.90 Å². The molecule has 16 heavy (non-hydrogen) atoms. The molecule has 0 bridgehead atoms. The van der Waals surface area contributed by atoms with E-state index in [-0.39, 0.29) is 6.04 Å². The van der Waals surface area contributed by atoms with Crippen molar-refractivity contribution in [3.8, 4) is 6.07 Å². The van der Waals surface area contributed by atoms with Crippen LogP contribution in [0.15, 0.2) is 28.7 Å². The molecule has 3 heteroatoms. The largest absolute Gasteiger partial charge is 0.301 e. The Morgan fingerprint density at radius 1 is 1.31 bits per heavy atom. The van der Waals surface area contributed by atoms with Crippen LogP contribution in [-0.4, -0.2) is 19.0 Å². The first kappa shape index (κ1) is 13.2. The predicted molar refractivity (Wildman–Crippen MR) is 70.0 cm³/mol. The Morgan fingerprint density at radius 3 is 2.31 bits per heavy atom. The molecule has 0 aliphatic heterocycles. The molecule has 0 aliphatic carbocycles. The minimum atomic E-state index is -0.423. The number of benzene rings is 1. The van der Waals surface area contributed by atoms with Gasteiger partial charge in [-0.3, -0.25) is 0 Å². The molecule has 0 radical (unpaired) electrons. The highest BCUT2D eigenvalue weighted by Gasteiger charge is 2.33. The van der Waals surface area contributed by atoms with Gasteiger partial charge in [-0.25, -0.2) is 0 Å². The maximum Gasteiger partial charge on any atom is 0.0714 e. The van der Waals surface area contributed by atoms with E-state index >= 15 is 0 Å². The van der Waals surface area contributed by atoms with Gasteiger partial charge in [-0.05, 0) is 39.6 Å². The van der Waals surface area contributed by atoms with Crippen LogP contribution in [0.4, 0.5) is 0 Å². The Balaban J connectivity index is 3.25. The number of hydrogen-bond acceptors (Lipinski definition) is 2. The van der Waals surface area contributed by atoms with Gasteiger partial charge in [0.1, 0.15) is 0 Å². The van der Waals surface area contributed by atoms with Gasteiger partial charge in [-0.15, -0.1) is 0 Å². The number of rotatable bonds is 3. The van der Waals surface area contributed by atoms with Gasteiger partial charge in [0, 0.05) is 4.47 Å². The number of nitriles is 1. The smallest absolute Gasteiger partial charge is 0.0714 e. The van der Waals surface area contributed by atoms with Crippen LogP contribution >= 0.6 is 15.9 Å². The highest BCUT2D eigenvalue weighted by molar-refractivity contribution is 9.10. The molecule has 0 heterocycles. The Kier molecular flexibility index (Phi) is 4.12. The van der Waals surface area contributed by atoms with Crippen molar-refractivity contribution < 1.29 is 0 Å². The van der Waals surface area contributed by atoms with Gasteiger partial charge in [0.25, 0.3) is 0 Å². The zero-order chi connectivity index (χ0) is 12.3. The Labute approximate surface area is 106 Å². The van der Waals surface area contributed by atoms with Gasteiger partial charge in [0.2, 0.25) is 0 Å². The van der Waals surface area contributed by atoms with Crippen molar-refractivity contribution in [3.05, 3.63) is 34.3 Å². The lowest BCUT2D eigenvalue weighted by molar-refractivity contribution is 0.184. The van der Waals surface area contributed by atoms with Crippen LogP contribution in [0.5, 0.6) is 0 Å². The molecule has 1 aromatic rings. The van der Waals surface area contributed by atoms with Crippen molar-refractivity contribution in [2.45, 2.75) is 19.9 Å². The average molecular weight is 281 g/mol. The minimum absolute atomic E-state index is 0.0769. The summed E-state index contributed by atoms with van der Waals surface area (Å²) in [4.78, 5) is 2.09. The van der Waals surface area contributed by atoms with Crippen molar-refractivity contribution in [1.29, 1.82) is 5.26 Å². The van der Waals surface area contributed by atoms with Gasteiger partial charge in [-0.1, -0.05) is 34.1 Å². The van der Waals surface area contributed by atoms with Crippen LogP contribution < -0.4 is 0 Å². The van der Waals surface area contributed by atoms with Crippen LogP contribution in [0.2, 0.25) is 0 Å². The summed E-state index contributed by atoms with van der Waals surface area (Å²) in [5, 5.41) is 9.27. The summed E-state index contributed by atoms with van der Waals surface area (Å²) in [7, 11) is 4.01. The molecule has 0 fully saturated rings. The Hall–Kier alpha value is -0.850. The maximum absolute atomic E-state index is 9.27. The van der Waals surface area contributed by atoms with Crippen molar-refractivity contribution in [2.75, 3.05) is 14.1 Å². The third-order valence-corrected chi connectivity index (χ3v) is 3.41. The average Bonchev–Trinajstić information content (AvgIpc) is 2.20. The normalized spacial score (nSPS) is 13.6. The van der Waals surface area contributed by atoms with Crippen LogP contribution in [-0.2, 0) is 0 Å². The Morgan fingerprint density at radius 2 is 1.88 bits per heavy atom. The molecule has 1 aromatic carbocycles. The van der Waals surface area contributed by atoms with E-state index in [0.717, 1.165) is 10.0 Å². The van der Waals surface area contributed by atoms with E-state index < -0.39 is 5.41 Å². The van der Waals surface area contributed by atoms with E-state index in [1.807, 2.05) is 46.1 Å². The van der Waals surface area contributed by atoms with Crippen molar-refractivity contribution >= 4 is 15.9 Å². The second-order valence-corrected chi connectivity index (χ2v) is 5.58. The molecule has 0 amide bonds. The summed E-state index contributed by atoms with van der Waals surface area (Å²) in [5.74, 6) is 0. The molecule has 0 N–H and O–H groups in total. The number of hydrogen-bond donors (Lipinski definition) is 0. The summed E-state index contributed by atoms with van der Waals surface area (Å²) in [6.45, 7) is 3.94. The second kappa shape index (κ2) is 4.99. The van der Waals surface area contributed by atoms with Crippen molar-refractivity contribution in [2.24, 2.45) is 5.41 Å². The molecular weight excluding hydrogens is 264 g/mol. The summed E-state index contributed by atoms with van der Waals surface area (Å²) in [6, 6.07) is 10.5. The summed E-state index contributed by atoms with van der Waals surface area (Å²) in [5.41, 5.74) is 0.729. The number of nitrogens with zero attached hydrogens (tertiary/aromatic N) is 2. The van der Waals surface area contributed by atoms with Gasteiger partial charge in [0.15, 0.2) is 0 Å². The van der Waals surface area contributed by atoms with Gasteiger partial charge in [0.05, 0.1) is 17.5 Å². The van der Waals surface area contributed by atoms with E-state index in [4.69, 9.17) is 0 Å². The summed E-state index contributed by atoms with van der Waals surface area (Å²) >= 11 is 3.55. The van der Waals surface area contributed by atoms with Gasteiger partial charge in [-0.2, -0.15) is 5.26 Å². The first-order valence-electron chi connectivity index (χ1n) is 5.22. The lowest BCUT2D eigenvalue weighted by Gasteiger charge is -2.34. The molecule has 0 saturated carbocycles. The van der Waals surface area contributed by atoms with Crippen LogP contribution in [0.3, 0.4) is 0 Å². The third-order valence-electron chi connectivity index (χ3n) is 2.69. The van der Waals surface area contributed by atoms with Gasteiger partial charge >= 0.3 is 0 Å². The van der Waals surface area contributed by atoms with E-state index in [1.54, 1.807) is 0 Å². The quantitative estimate of drug-likeness (QED) is 0.846. The van der Waals surface area contributed by atoms with Crippen LogP contribution in [0, 0.1) is 16.7 Å². The molecular formula is C13H17BrN2. The molecule has 86 valence electrons. The lowest BCUT2D eigenvalue weighted by atomic mass is 9.81. The summed E-state index contributed by atoms with van der Waals surface area (Å²) in [6.07, 6.45) is 0. The topological polar surface area (TPSA) is 27.0 Å². The maximum atomic E-state index is 9.27. The molecule has 2 nitrogen and oxygen atoms in total. The van der Waals surface area contributed by atoms with E-state index in [2.05, 4.69) is 33.0 Å². The molecule has 0 spiro atoms. The summed E-state index contributed by atoms with van der Waals surface area (Å²) < 4.78 is 1.05. The monoisotopic (exact) mass is 280 g/mol. The van der Waals surface area contributed by atoms with Crippen LogP contribution in [0.25, 0.3) is 0 Å². The molecule has 0 aliphatic rings. The zero-order valence-corrected chi connectivity index (χ0v) is 11.7. The highest BCUT2D eigenvalue weighted by atomic mass is 79.9. The zero-order valence-electron chi connectivity index (χ0n) is 10.2. The van der Waals surface area contributed by atoms with Crippen LogP contribution in [0.1, 0.15) is 25.5 Å². The Bertz CT molecular complexity index is 405. The fraction of sp³-hybridized carbons (Fsp3) is 0.462.